The van der Waals surface area contributed by atoms with Gasteiger partial charge >= 0.3 is 12.3 Å². The number of primary amides is 1. The number of anilines is 2. The average Bonchev–Trinajstić information content (AvgIpc) is 2.59. The first kappa shape index (κ1) is 18.1. The third kappa shape index (κ3) is 3.60. The van der Waals surface area contributed by atoms with Gasteiger partial charge < -0.3 is 21.1 Å². The lowest BCUT2D eigenvalue weighted by atomic mass is 9.94. The summed E-state index contributed by atoms with van der Waals surface area (Å²) in [6.45, 7) is 0.586. The molecule has 0 aliphatic carbocycles. The van der Waals surface area contributed by atoms with Crippen LogP contribution in [0.1, 0.15) is 16.7 Å². The fourth-order valence-corrected chi connectivity index (χ4v) is 3.21. The summed E-state index contributed by atoms with van der Waals surface area (Å²) in [5.41, 5.74) is 13.4. The highest BCUT2D eigenvalue weighted by atomic mass is 19.4. The van der Waals surface area contributed by atoms with Gasteiger partial charge in [0.25, 0.3) is 0 Å². The molecule has 26 heavy (non-hydrogen) atoms. The lowest BCUT2D eigenvalue weighted by Gasteiger charge is -2.36. The summed E-state index contributed by atoms with van der Waals surface area (Å²) in [5.74, 6) is 0. The predicted octanol–water partition coefficient (Wildman–Crippen LogP) is 3.32. The number of rotatable bonds is 3. The molecule has 8 heteroatoms. The smallest absolute Gasteiger partial charge is 0.416 e. The Kier molecular flexibility index (Phi) is 4.78. The zero-order valence-electron chi connectivity index (χ0n) is 13.8. The van der Waals surface area contributed by atoms with Gasteiger partial charge in [0.2, 0.25) is 0 Å². The number of carbonyl (C=O) groups is 1. The normalized spacial score (nSPS) is 16.9. The van der Waals surface area contributed by atoms with Crippen molar-refractivity contribution in [2.45, 2.75) is 25.2 Å². The fourth-order valence-electron chi connectivity index (χ4n) is 3.21. The van der Waals surface area contributed by atoms with Gasteiger partial charge in [-0.25, -0.2) is 4.79 Å². The van der Waals surface area contributed by atoms with Crippen molar-refractivity contribution in [3.8, 4) is 0 Å². The molecular weight excluding hydrogens is 347 g/mol. The van der Waals surface area contributed by atoms with E-state index in [-0.39, 0.29) is 6.54 Å². The highest BCUT2D eigenvalue weighted by molar-refractivity contribution is 5.71. The molecule has 0 fully saturated rings. The van der Waals surface area contributed by atoms with Crippen LogP contribution in [0.5, 0.6) is 0 Å². The van der Waals surface area contributed by atoms with Crippen molar-refractivity contribution >= 4 is 17.5 Å². The van der Waals surface area contributed by atoms with Crippen LogP contribution >= 0.6 is 0 Å². The van der Waals surface area contributed by atoms with E-state index in [1.807, 2.05) is 23.1 Å². The number of amides is 1. The van der Waals surface area contributed by atoms with Crippen LogP contribution in [-0.4, -0.2) is 18.7 Å². The van der Waals surface area contributed by atoms with E-state index in [2.05, 4.69) is 0 Å². The van der Waals surface area contributed by atoms with E-state index in [9.17, 15) is 18.0 Å². The Hall–Kier alpha value is -2.74. The summed E-state index contributed by atoms with van der Waals surface area (Å²) in [7, 11) is 0. The number of nitrogens with zero attached hydrogens (tertiary/aromatic N) is 1. The molecular formula is C18H18F3N3O2. The average molecular weight is 365 g/mol. The van der Waals surface area contributed by atoms with Gasteiger partial charge in [-0.05, 0) is 41.5 Å². The molecule has 0 aromatic heterocycles. The van der Waals surface area contributed by atoms with E-state index < -0.39 is 23.9 Å². The SMILES string of the molecule is NCc1cccc2c1CC(OC(N)=O)CN2c1ccc(C(F)(F)F)cc1. The van der Waals surface area contributed by atoms with Crippen LogP contribution < -0.4 is 16.4 Å². The second-order valence-electron chi connectivity index (χ2n) is 6.04. The molecule has 1 aliphatic rings. The number of hydrogen-bond acceptors (Lipinski definition) is 4. The highest BCUT2D eigenvalue weighted by Crippen LogP contribution is 2.37. The van der Waals surface area contributed by atoms with E-state index >= 15 is 0 Å². The minimum atomic E-state index is -4.40. The van der Waals surface area contributed by atoms with Crippen molar-refractivity contribution in [1.29, 1.82) is 0 Å². The van der Waals surface area contributed by atoms with Crippen LogP contribution in [0.3, 0.4) is 0 Å². The molecule has 2 aromatic rings. The molecule has 1 amide bonds. The van der Waals surface area contributed by atoms with Gasteiger partial charge in [0, 0.05) is 24.3 Å². The van der Waals surface area contributed by atoms with Gasteiger partial charge in [-0.3, -0.25) is 0 Å². The Bertz CT molecular complexity index is 806. The van der Waals surface area contributed by atoms with Crippen LogP contribution in [0.2, 0.25) is 0 Å². The molecule has 1 aliphatic heterocycles. The first-order valence-corrected chi connectivity index (χ1v) is 8.01. The maximum atomic E-state index is 12.8. The zero-order chi connectivity index (χ0) is 18.9. The standard InChI is InChI=1S/C18H18F3N3O2/c19-18(20,21)12-4-6-13(7-5-12)24-10-14(26-17(23)25)8-15-11(9-22)2-1-3-16(15)24/h1-7,14H,8-10,22H2,(H2,23,25). The van der Waals surface area contributed by atoms with E-state index in [0.717, 1.165) is 28.9 Å². The van der Waals surface area contributed by atoms with Crippen molar-refractivity contribution in [2.24, 2.45) is 11.5 Å². The first-order chi connectivity index (χ1) is 12.3. The molecule has 0 radical (unpaired) electrons. The summed E-state index contributed by atoms with van der Waals surface area (Å²) in [6.07, 6.45) is -5.36. The number of ether oxygens (including phenoxy) is 1. The van der Waals surface area contributed by atoms with Gasteiger partial charge in [-0.2, -0.15) is 13.2 Å². The second-order valence-corrected chi connectivity index (χ2v) is 6.04. The minimum Gasteiger partial charge on any atom is -0.444 e. The number of hydrogen-bond donors (Lipinski definition) is 2. The van der Waals surface area contributed by atoms with E-state index in [0.29, 0.717) is 18.7 Å². The van der Waals surface area contributed by atoms with Crippen LogP contribution in [0.15, 0.2) is 42.5 Å². The number of alkyl halides is 3. The Morgan fingerprint density at radius 2 is 1.88 bits per heavy atom. The lowest BCUT2D eigenvalue weighted by Crippen LogP contribution is -2.40. The van der Waals surface area contributed by atoms with Gasteiger partial charge in [0.1, 0.15) is 6.10 Å². The maximum absolute atomic E-state index is 12.8. The van der Waals surface area contributed by atoms with Gasteiger partial charge in [-0.15, -0.1) is 0 Å². The van der Waals surface area contributed by atoms with Crippen molar-refractivity contribution in [2.75, 3.05) is 11.4 Å². The Labute approximate surface area is 148 Å². The number of carbonyl (C=O) groups excluding carboxylic acids is 1. The van der Waals surface area contributed by atoms with Crippen LogP contribution in [0.25, 0.3) is 0 Å². The minimum absolute atomic E-state index is 0.287. The molecule has 0 spiro atoms. The first-order valence-electron chi connectivity index (χ1n) is 8.01. The van der Waals surface area contributed by atoms with Gasteiger partial charge in [0.15, 0.2) is 0 Å². The number of halogens is 3. The topological polar surface area (TPSA) is 81.6 Å². The van der Waals surface area contributed by atoms with E-state index in [1.54, 1.807) is 0 Å². The summed E-state index contributed by atoms with van der Waals surface area (Å²) >= 11 is 0. The molecule has 1 unspecified atom stereocenters. The summed E-state index contributed by atoms with van der Waals surface area (Å²) in [5, 5.41) is 0. The molecule has 0 bridgehead atoms. The monoisotopic (exact) mass is 365 g/mol. The molecule has 1 heterocycles. The summed E-state index contributed by atoms with van der Waals surface area (Å²) < 4.78 is 43.6. The zero-order valence-corrected chi connectivity index (χ0v) is 13.8. The third-order valence-electron chi connectivity index (χ3n) is 4.37. The highest BCUT2D eigenvalue weighted by Gasteiger charge is 2.32. The van der Waals surface area contributed by atoms with E-state index in [4.69, 9.17) is 16.2 Å². The number of benzene rings is 2. The van der Waals surface area contributed by atoms with Gasteiger partial charge in [0.05, 0.1) is 12.1 Å². The van der Waals surface area contributed by atoms with Crippen LogP contribution in [0.4, 0.5) is 29.3 Å². The van der Waals surface area contributed by atoms with Crippen LogP contribution in [0, 0.1) is 0 Å². The molecule has 1 atom stereocenters. The summed E-state index contributed by atoms with van der Waals surface area (Å²) in [6, 6.07) is 10.4. The third-order valence-corrected chi connectivity index (χ3v) is 4.37. The molecule has 5 nitrogen and oxygen atoms in total. The maximum Gasteiger partial charge on any atom is 0.416 e. The van der Waals surface area contributed by atoms with Crippen molar-refractivity contribution in [3.05, 3.63) is 59.2 Å². The van der Waals surface area contributed by atoms with Crippen molar-refractivity contribution < 1.29 is 22.7 Å². The quantitative estimate of drug-likeness (QED) is 0.874. The Balaban J connectivity index is 2.01. The fraction of sp³-hybridized carbons (Fsp3) is 0.278. The molecule has 0 saturated heterocycles. The molecule has 0 saturated carbocycles. The lowest BCUT2D eigenvalue weighted by molar-refractivity contribution is -0.137. The van der Waals surface area contributed by atoms with Crippen molar-refractivity contribution in [3.63, 3.8) is 0 Å². The second kappa shape index (κ2) is 6.87. The molecule has 3 rings (SSSR count). The molecule has 2 aromatic carbocycles. The van der Waals surface area contributed by atoms with E-state index in [1.165, 1.54) is 12.1 Å². The number of nitrogens with two attached hydrogens (primary N) is 2. The van der Waals surface area contributed by atoms with Gasteiger partial charge in [-0.1, -0.05) is 12.1 Å². The molecule has 4 N–H and O–H groups in total. The number of fused-ring (bicyclic) bond motifs is 1. The van der Waals surface area contributed by atoms with Crippen LogP contribution in [-0.2, 0) is 23.9 Å². The predicted molar refractivity (Wildman–Crippen MR) is 90.9 cm³/mol. The largest absolute Gasteiger partial charge is 0.444 e. The molecule has 138 valence electrons. The van der Waals surface area contributed by atoms with Crippen molar-refractivity contribution in [1.82, 2.24) is 0 Å². The Morgan fingerprint density at radius 3 is 2.46 bits per heavy atom. The summed E-state index contributed by atoms with van der Waals surface area (Å²) in [4.78, 5) is 13.0. The Morgan fingerprint density at radius 1 is 1.19 bits per heavy atom.